The van der Waals surface area contributed by atoms with Crippen molar-refractivity contribution in [3.63, 3.8) is 0 Å². The van der Waals surface area contributed by atoms with Crippen molar-refractivity contribution in [1.82, 2.24) is 14.5 Å². The zero-order chi connectivity index (χ0) is 19.6. The summed E-state index contributed by atoms with van der Waals surface area (Å²) in [6.07, 6.45) is 0. The molecule has 1 aromatic carbocycles. The average molecular weight is 385 g/mol. The van der Waals surface area contributed by atoms with Gasteiger partial charge in [-0.05, 0) is 19.1 Å². The van der Waals surface area contributed by atoms with E-state index >= 15 is 0 Å². The van der Waals surface area contributed by atoms with E-state index in [2.05, 4.69) is 10.3 Å². The van der Waals surface area contributed by atoms with Gasteiger partial charge in [0.1, 0.15) is 12.4 Å². The van der Waals surface area contributed by atoms with E-state index in [1.165, 1.54) is 9.87 Å². The van der Waals surface area contributed by atoms with E-state index in [1.807, 2.05) is 57.0 Å². The van der Waals surface area contributed by atoms with Crippen LogP contribution in [-0.4, -0.2) is 76.2 Å². The van der Waals surface area contributed by atoms with Crippen molar-refractivity contribution >= 4 is 16.0 Å². The lowest BCUT2D eigenvalue weighted by Crippen LogP contribution is -2.44. The van der Waals surface area contributed by atoms with Gasteiger partial charge in [-0.25, -0.2) is 12.7 Å². The van der Waals surface area contributed by atoms with Crippen molar-refractivity contribution in [2.75, 3.05) is 52.6 Å². The molecule has 7 nitrogen and oxygen atoms in total. The van der Waals surface area contributed by atoms with Gasteiger partial charge in [0.15, 0.2) is 5.96 Å². The molecule has 0 saturated carbocycles. The second-order valence-electron chi connectivity index (χ2n) is 5.96. The molecule has 0 aromatic heterocycles. The fourth-order valence-corrected chi connectivity index (χ4v) is 3.87. The average Bonchev–Trinajstić information content (AvgIpc) is 2.61. The number of sulfonamides is 1. The van der Waals surface area contributed by atoms with Crippen molar-refractivity contribution in [2.45, 2.75) is 20.8 Å². The Balaban J connectivity index is 2.41. The lowest BCUT2D eigenvalue weighted by molar-refractivity contribution is 0.281. The molecule has 0 spiro atoms. The van der Waals surface area contributed by atoms with Crippen LogP contribution < -0.4 is 10.1 Å². The first-order valence-corrected chi connectivity index (χ1v) is 10.5. The monoisotopic (exact) mass is 384 g/mol. The lowest BCUT2D eigenvalue weighted by Gasteiger charge is -2.23. The molecule has 0 amide bonds. The summed E-state index contributed by atoms with van der Waals surface area (Å²) < 4.78 is 31.6. The molecule has 0 aliphatic heterocycles. The van der Waals surface area contributed by atoms with Gasteiger partial charge in [-0.15, -0.1) is 0 Å². The molecule has 0 aliphatic carbocycles. The molecule has 0 heterocycles. The van der Waals surface area contributed by atoms with E-state index in [4.69, 9.17) is 4.74 Å². The van der Waals surface area contributed by atoms with E-state index in [9.17, 15) is 8.42 Å². The maximum absolute atomic E-state index is 12.2. The Bertz CT molecular complexity index is 656. The lowest BCUT2D eigenvalue weighted by atomic mass is 10.2. The van der Waals surface area contributed by atoms with E-state index in [0.717, 1.165) is 5.75 Å². The summed E-state index contributed by atoms with van der Waals surface area (Å²) in [5, 5.41) is 3.10. The van der Waals surface area contributed by atoms with Crippen molar-refractivity contribution < 1.29 is 13.2 Å². The number of guanidine groups is 1. The van der Waals surface area contributed by atoms with Crippen LogP contribution in [0.15, 0.2) is 29.3 Å². The molecule has 0 unspecified atom stereocenters. The van der Waals surface area contributed by atoms with Gasteiger partial charge in [0.25, 0.3) is 0 Å². The molecule has 148 valence electrons. The third-order valence-corrected chi connectivity index (χ3v) is 6.05. The van der Waals surface area contributed by atoms with Gasteiger partial charge >= 0.3 is 0 Å². The molecule has 0 saturated heterocycles. The molecule has 1 N–H and O–H groups in total. The van der Waals surface area contributed by atoms with Crippen molar-refractivity contribution in [3.05, 3.63) is 29.8 Å². The van der Waals surface area contributed by atoms with Crippen molar-refractivity contribution in [3.8, 4) is 5.75 Å². The summed E-state index contributed by atoms with van der Waals surface area (Å²) in [6, 6.07) is 7.91. The van der Waals surface area contributed by atoms with E-state index in [0.29, 0.717) is 38.7 Å². The Morgan fingerprint density at radius 3 is 2.35 bits per heavy atom. The van der Waals surface area contributed by atoms with Crippen LogP contribution >= 0.6 is 0 Å². The van der Waals surface area contributed by atoms with E-state index in [1.54, 1.807) is 7.05 Å². The number of aryl methyl sites for hydroxylation is 1. The summed E-state index contributed by atoms with van der Waals surface area (Å²) in [5.41, 5.74) is 1.19. The minimum Gasteiger partial charge on any atom is -0.492 e. The number of nitrogens with one attached hydrogen (secondary N) is 1. The highest BCUT2D eigenvalue weighted by atomic mass is 32.2. The molecule has 8 heteroatoms. The maximum Gasteiger partial charge on any atom is 0.215 e. The SMILES string of the molecule is CCN(CC)S(=O)(=O)CCNC(=NC)N(C)CCOc1ccc(C)cc1. The minimum absolute atomic E-state index is 0.0431. The van der Waals surface area contributed by atoms with Crippen LogP contribution in [0.4, 0.5) is 0 Å². The molecule has 0 fully saturated rings. The Labute approximate surface area is 158 Å². The van der Waals surface area contributed by atoms with Gasteiger partial charge in [0.05, 0.1) is 12.3 Å². The summed E-state index contributed by atoms with van der Waals surface area (Å²) in [6.45, 7) is 8.16. The predicted molar refractivity (Wildman–Crippen MR) is 107 cm³/mol. The quantitative estimate of drug-likeness (QED) is 0.489. The zero-order valence-electron chi connectivity index (χ0n) is 16.5. The standard InChI is InChI=1S/C18H32N4O3S/c1-6-22(7-2)26(23,24)15-12-20-18(19-4)21(5)13-14-25-17-10-8-16(3)9-11-17/h8-11H,6-7,12-15H2,1-5H3,(H,19,20). The summed E-state index contributed by atoms with van der Waals surface area (Å²) in [7, 11) is 0.339. The van der Waals surface area contributed by atoms with Gasteiger partial charge in [-0.2, -0.15) is 0 Å². The molecular weight excluding hydrogens is 352 g/mol. The predicted octanol–water partition coefficient (Wildman–Crippen LogP) is 1.55. The molecule has 0 radical (unpaired) electrons. The maximum atomic E-state index is 12.2. The van der Waals surface area contributed by atoms with Crippen molar-refractivity contribution in [1.29, 1.82) is 0 Å². The Kier molecular flexibility index (Phi) is 9.43. The van der Waals surface area contributed by atoms with E-state index < -0.39 is 10.0 Å². The van der Waals surface area contributed by atoms with E-state index in [-0.39, 0.29) is 5.75 Å². The number of aliphatic imine (C=N–C) groups is 1. The number of rotatable bonds is 10. The summed E-state index contributed by atoms with van der Waals surface area (Å²) in [5.74, 6) is 1.52. The third kappa shape index (κ3) is 7.21. The molecule has 1 rings (SSSR count). The number of likely N-dealkylation sites (N-methyl/N-ethyl adjacent to an activating group) is 1. The second-order valence-corrected chi connectivity index (χ2v) is 8.05. The minimum atomic E-state index is -3.24. The molecule has 1 aromatic rings. The van der Waals surface area contributed by atoms with Gasteiger partial charge in [-0.1, -0.05) is 31.5 Å². The fourth-order valence-electron chi connectivity index (χ4n) is 2.46. The van der Waals surface area contributed by atoms with Crippen LogP contribution in [0.3, 0.4) is 0 Å². The van der Waals surface area contributed by atoms with Gasteiger partial charge < -0.3 is 15.0 Å². The van der Waals surface area contributed by atoms with Crippen LogP contribution in [0, 0.1) is 6.92 Å². The molecule has 0 bridgehead atoms. The molecular formula is C18H32N4O3S. The van der Waals surface area contributed by atoms with Gasteiger partial charge in [0.2, 0.25) is 10.0 Å². The van der Waals surface area contributed by atoms with Gasteiger partial charge in [0, 0.05) is 33.7 Å². The second kappa shape index (κ2) is 11.0. The fraction of sp³-hybridized carbons (Fsp3) is 0.611. The van der Waals surface area contributed by atoms with Crippen LogP contribution in [0.25, 0.3) is 0 Å². The van der Waals surface area contributed by atoms with Crippen LogP contribution in [0.2, 0.25) is 0 Å². The largest absolute Gasteiger partial charge is 0.492 e. The Hall–Kier alpha value is -1.80. The highest BCUT2D eigenvalue weighted by Gasteiger charge is 2.18. The third-order valence-electron chi connectivity index (χ3n) is 4.03. The molecule has 0 atom stereocenters. The van der Waals surface area contributed by atoms with Gasteiger partial charge in [-0.3, -0.25) is 4.99 Å². The number of hydrogen-bond donors (Lipinski definition) is 1. The first kappa shape index (κ1) is 22.2. The molecule has 0 aliphatic rings. The molecule has 26 heavy (non-hydrogen) atoms. The number of nitrogens with zero attached hydrogens (tertiary/aromatic N) is 3. The number of benzene rings is 1. The number of hydrogen-bond acceptors (Lipinski definition) is 4. The van der Waals surface area contributed by atoms with Crippen LogP contribution in [0.5, 0.6) is 5.75 Å². The number of ether oxygens (including phenoxy) is 1. The summed E-state index contributed by atoms with van der Waals surface area (Å²) >= 11 is 0. The highest BCUT2D eigenvalue weighted by Crippen LogP contribution is 2.11. The highest BCUT2D eigenvalue weighted by molar-refractivity contribution is 7.89. The topological polar surface area (TPSA) is 74.2 Å². The first-order valence-electron chi connectivity index (χ1n) is 8.93. The van der Waals surface area contributed by atoms with Crippen LogP contribution in [0.1, 0.15) is 19.4 Å². The normalized spacial score (nSPS) is 12.3. The first-order chi connectivity index (χ1) is 12.3. The Morgan fingerprint density at radius 2 is 1.81 bits per heavy atom. The Morgan fingerprint density at radius 1 is 1.19 bits per heavy atom. The van der Waals surface area contributed by atoms with Crippen molar-refractivity contribution in [2.24, 2.45) is 4.99 Å². The summed E-state index contributed by atoms with van der Waals surface area (Å²) in [4.78, 5) is 6.11. The smallest absolute Gasteiger partial charge is 0.215 e. The van der Waals surface area contributed by atoms with Crippen LogP contribution in [-0.2, 0) is 10.0 Å². The zero-order valence-corrected chi connectivity index (χ0v) is 17.3.